The number of carbonyl (C=O) groups is 1. The van der Waals surface area contributed by atoms with Crippen molar-refractivity contribution in [2.24, 2.45) is 0 Å². The molecule has 0 amide bonds. The van der Waals surface area contributed by atoms with E-state index in [4.69, 9.17) is 9.47 Å². The van der Waals surface area contributed by atoms with Gasteiger partial charge in [0.25, 0.3) is 0 Å². The fraction of sp³-hybridized carbons (Fsp3) is 0.333. The number of fused-ring (bicyclic) bond motifs is 2. The Bertz CT molecular complexity index is 1340. The molecule has 2 aromatic carbocycles. The number of benzene rings is 2. The molecule has 2 N–H and O–H groups in total. The summed E-state index contributed by atoms with van der Waals surface area (Å²) in [5.41, 5.74) is 3.64. The van der Waals surface area contributed by atoms with Crippen LogP contribution in [0.4, 0.5) is 8.78 Å². The van der Waals surface area contributed by atoms with Gasteiger partial charge in [-0.1, -0.05) is 0 Å². The molecule has 5 rings (SSSR count). The number of aliphatic carboxylic acids is 1. The molecule has 0 unspecified atom stereocenters. The van der Waals surface area contributed by atoms with Gasteiger partial charge in [-0.05, 0) is 42.7 Å². The zero-order chi connectivity index (χ0) is 23.1. The first-order valence-electron chi connectivity index (χ1n) is 10.8. The van der Waals surface area contributed by atoms with Crippen LogP contribution in [0.25, 0.3) is 27.5 Å². The summed E-state index contributed by atoms with van der Waals surface area (Å²) in [7, 11) is 1.40. The molecule has 172 valence electrons. The van der Waals surface area contributed by atoms with Crippen LogP contribution in [0, 0.1) is 5.82 Å². The number of halogens is 2. The number of alkyl halides is 1. The summed E-state index contributed by atoms with van der Waals surface area (Å²) in [6.07, 6.45) is 0.794. The molecule has 0 saturated carbocycles. The largest absolute Gasteiger partial charge is 0.494 e. The summed E-state index contributed by atoms with van der Waals surface area (Å²) in [5, 5.41) is 17.9. The number of nitrogens with zero attached hydrogens (tertiary/aromatic N) is 2. The highest BCUT2D eigenvalue weighted by molar-refractivity contribution is 5.99. The third-order valence-corrected chi connectivity index (χ3v) is 6.32. The minimum Gasteiger partial charge on any atom is -0.494 e. The Labute approximate surface area is 187 Å². The number of methoxy groups -OCH3 is 1. The summed E-state index contributed by atoms with van der Waals surface area (Å²) in [6.45, 7) is 1.11. The first-order chi connectivity index (χ1) is 16.0. The molecule has 4 aromatic rings. The number of aromatic nitrogens is 3. The van der Waals surface area contributed by atoms with Crippen molar-refractivity contribution in [3.8, 4) is 11.4 Å². The van der Waals surface area contributed by atoms with Crippen LogP contribution in [0.5, 0.6) is 5.75 Å². The lowest BCUT2D eigenvalue weighted by Gasteiger charge is -2.26. The SMILES string of the molecule is COc1cc(-n2c(C3CCOCC3)c(C[C@H](F)C(=O)O)c3cc4[nH]ncc4cc32)ccc1F. The minimum atomic E-state index is -2.05. The van der Waals surface area contributed by atoms with Gasteiger partial charge < -0.3 is 19.1 Å². The molecule has 1 aliphatic rings. The number of hydrogen-bond donors (Lipinski definition) is 2. The predicted octanol–water partition coefficient (Wildman–Crippen LogP) is 4.51. The van der Waals surface area contributed by atoms with Gasteiger partial charge in [0, 0.05) is 53.8 Å². The van der Waals surface area contributed by atoms with E-state index >= 15 is 0 Å². The fourth-order valence-corrected chi connectivity index (χ4v) is 4.76. The van der Waals surface area contributed by atoms with E-state index in [1.807, 2.05) is 16.7 Å². The number of H-pyrrole nitrogens is 1. The lowest BCUT2D eigenvalue weighted by atomic mass is 9.90. The minimum absolute atomic E-state index is 0.0228. The van der Waals surface area contributed by atoms with Crippen molar-refractivity contribution in [3.63, 3.8) is 0 Å². The maximum Gasteiger partial charge on any atom is 0.338 e. The van der Waals surface area contributed by atoms with Crippen LogP contribution in [-0.4, -0.2) is 52.3 Å². The number of rotatable bonds is 6. The number of nitrogens with one attached hydrogen (secondary N) is 1. The molecular formula is C24H23F2N3O4. The van der Waals surface area contributed by atoms with Gasteiger partial charge in [-0.25, -0.2) is 13.6 Å². The summed E-state index contributed by atoms with van der Waals surface area (Å²) < 4.78 is 41.5. The Morgan fingerprint density at radius 2 is 2.12 bits per heavy atom. The predicted molar refractivity (Wildman–Crippen MR) is 118 cm³/mol. The van der Waals surface area contributed by atoms with Gasteiger partial charge in [0.15, 0.2) is 11.6 Å². The molecule has 1 aliphatic heterocycles. The number of carboxylic acids is 1. The van der Waals surface area contributed by atoms with E-state index in [-0.39, 0.29) is 18.1 Å². The molecule has 3 heterocycles. The van der Waals surface area contributed by atoms with Crippen molar-refractivity contribution in [2.75, 3.05) is 20.3 Å². The van der Waals surface area contributed by atoms with Crippen LogP contribution in [0.3, 0.4) is 0 Å². The molecular weight excluding hydrogens is 432 g/mol. The number of aromatic amines is 1. The Kier molecular flexibility index (Phi) is 5.49. The normalized spacial score (nSPS) is 15.8. The second-order valence-corrected chi connectivity index (χ2v) is 8.24. The van der Waals surface area contributed by atoms with Gasteiger partial charge >= 0.3 is 5.97 Å². The van der Waals surface area contributed by atoms with Crippen molar-refractivity contribution in [1.29, 1.82) is 0 Å². The first kappa shape index (κ1) is 21.4. The van der Waals surface area contributed by atoms with E-state index in [1.54, 1.807) is 18.3 Å². The van der Waals surface area contributed by atoms with Crippen LogP contribution in [0.2, 0.25) is 0 Å². The van der Waals surface area contributed by atoms with Crippen molar-refractivity contribution in [2.45, 2.75) is 31.4 Å². The number of hydrogen-bond acceptors (Lipinski definition) is 4. The molecule has 1 saturated heterocycles. The van der Waals surface area contributed by atoms with Gasteiger partial charge in [0.05, 0.1) is 24.3 Å². The van der Waals surface area contributed by atoms with Crippen LogP contribution in [0.15, 0.2) is 36.5 Å². The Balaban J connectivity index is 1.85. The molecule has 33 heavy (non-hydrogen) atoms. The molecule has 1 fully saturated rings. The lowest BCUT2D eigenvalue weighted by molar-refractivity contribution is -0.142. The van der Waals surface area contributed by atoms with Gasteiger partial charge in [-0.15, -0.1) is 0 Å². The van der Waals surface area contributed by atoms with E-state index in [2.05, 4.69) is 10.2 Å². The summed E-state index contributed by atoms with van der Waals surface area (Å²) in [5.74, 6) is -1.88. The van der Waals surface area contributed by atoms with Gasteiger partial charge in [0.2, 0.25) is 6.17 Å². The summed E-state index contributed by atoms with van der Waals surface area (Å²) >= 11 is 0. The standard InChI is InChI=1S/C24H23F2N3O4/c1-32-22-9-15(2-3-18(22)25)29-21-8-14-12-27-28-20(14)11-16(21)17(10-19(26)24(30)31)23(29)13-4-6-33-7-5-13/h2-3,8-9,11-13,19H,4-7,10H2,1H3,(H,27,28)(H,30,31)/t19-/m0/s1. The number of ether oxygens (including phenoxy) is 2. The average Bonchev–Trinajstić information content (AvgIpc) is 3.40. The summed E-state index contributed by atoms with van der Waals surface area (Å²) in [6, 6.07) is 8.39. The third-order valence-electron chi connectivity index (χ3n) is 6.32. The second-order valence-electron chi connectivity index (χ2n) is 8.24. The van der Waals surface area contributed by atoms with Crippen molar-refractivity contribution < 1.29 is 28.2 Å². The zero-order valence-corrected chi connectivity index (χ0v) is 18.0. The van der Waals surface area contributed by atoms with E-state index in [0.29, 0.717) is 37.3 Å². The van der Waals surface area contributed by atoms with Crippen LogP contribution in [-0.2, 0) is 16.0 Å². The highest BCUT2D eigenvalue weighted by Crippen LogP contribution is 2.41. The molecule has 0 spiro atoms. The van der Waals surface area contributed by atoms with Crippen molar-refractivity contribution in [3.05, 3.63) is 53.6 Å². The summed E-state index contributed by atoms with van der Waals surface area (Å²) in [4.78, 5) is 11.4. The monoisotopic (exact) mass is 455 g/mol. The topological polar surface area (TPSA) is 89.4 Å². The lowest BCUT2D eigenvalue weighted by Crippen LogP contribution is -2.21. The van der Waals surface area contributed by atoms with Gasteiger partial charge in [0.1, 0.15) is 0 Å². The molecule has 1 atom stereocenters. The average molecular weight is 455 g/mol. The number of carboxylic acid groups (broad SMARTS) is 1. The van der Waals surface area contributed by atoms with E-state index in [9.17, 15) is 18.7 Å². The van der Waals surface area contributed by atoms with Crippen molar-refractivity contribution in [1.82, 2.24) is 14.8 Å². The smallest absolute Gasteiger partial charge is 0.338 e. The Morgan fingerprint density at radius 3 is 2.85 bits per heavy atom. The molecule has 0 radical (unpaired) electrons. The van der Waals surface area contributed by atoms with Crippen LogP contribution < -0.4 is 4.74 Å². The molecule has 2 aromatic heterocycles. The van der Waals surface area contributed by atoms with Crippen LogP contribution >= 0.6 is 0 Å². The molecule has 0 bridgehead atoms. The van der Waals surface area contributed by atoms with Gasteiger partial charge in [-0.3, -0.25) is 5.10 Å². The maximum absolute atomic E-state index is 14.6. The van der Waals surface area contributed by atoms with Crippen molar-refractivity contribution >= 4 is 27.8 Å². The fourth-order valence-electron chi connectivity index (χ4n) is 4.76. The molecule has 9 heteroatoms. The molecule has 7 nitrogen and oxygen atoms in total. The maximum atomic E-state index is 14.6. The van der Waals surface area contributed by atoms with E-state index in [1.165, 1.54) is 13.2 Å². The third kappa shape index (κ3) is 3.72. The second kappa shape index (κ2) is 8.47. The van der Waals surface area contributed by atoms with E-state index in [0.717, 1.165) is 27.5 Å². The first-order valence-corrected chi connectivity index (χ1v) is 10.8. The highest BCUT2D eigenvalue weighted by Gasteiger charge is 2.30. The van der Waals surface area contributed by atoms with E-state index < -0.39 is 18.0 Å². The Hall–Kier alpha value is -3.46. The van der Waals surface area contributed by atoms with Crippen LogP contribution in [0.1, 0.15) is 30.0 Å². The molecule has 0 aliphatic carbocycles. The zero-order valence-electron chi connectivity index (χ0n) is 18.0. The highest BCUT2D eigenvalue weighted by atomic mass is 19.1. The quantitative estimate of drug-likeness (QED) is 0.447. The van der Waals surface area contributed by atoms with Gasteiger partial charge in [-0.2, -0.15) is 5.10 Å². The Morgan fingerprint density at radius 1 is 1.33 bits per heavy atom.